The predicted molar refractivity (Wildman–Crippen MR) is 100 cm³/mol. The van der Waals surface area contributed by atoms with Crippen LogP contribution >= 0.6 is 0 Å². The first-order chi connectivity index (χ1) is 13.1. The zero-order valence-corrected chi connectivity index (χ0v) is 14.1. The summed E-state index contributed by atoms with van der Waals surface area (Å²) < 4.78 is 14.8. The topological polar surface area (TPSA) is 96.1 Å². The normalized spacial score (nSPS) is 10.9. The summed E-state index contributed by atoms with van der Waals surface area (Å²) in [5, 5.41) is 27.0. The Kier molecular flexibility index (Phi) is 4.53. The highest BCUT2D eigenvalue weighted by molar-refractivity contribution is 6.61. The molecule has 0 aliphatic carbocycles. The van der Waals surface area contributed by atoms with Gasteiger partial charge in [0.25, 0.3) is 5.95 Å². The first kappa shape index (κ1) is 17.1. The van der Waals surface area contributed by atoms with Crippen LogP contribution in [0.1, 0.15) is 5.56 Å². The fourth-order valence-corrected chi connectivity index (χ4v) is 2.85. The lowest BCUT2D eigenvalue weighted by atomic mass is 9.78. The highest BCUT2D eigenvalue weighted by Crippen LogP contribution is 2.16. The number of nitrogens with zero attached hydrogens (tertiary/aromatic N) is 4. The maximum atomic E-state index is 13.3. The molecule has 27 heavy (non-hydrogen) atoms. The minimum absolute atomic E-state index is 0.289. The molecule has 9 heteroatoms. The van der Waals surface area contributed by atoms with Gasteiger partial charge in [-0.1, -0.05) is 24.3 Å². The van der Waals surface area contributed by atoms with Gasteiger partial charge < -0.3 is 15.4 Å². The number of aromatic nitrogens is 4. The molecule has 0 fully saturated rings. The summed E-state index contributed by atoms with van der Waals surface area (Å²) in [6.07, 6.45) is 3.13. The van der Waals surface area contributed by atoms with Crippen LogP contribution in [0.15, 0.2) is 60.9 Å². The monoisotopic (exact) mass is 363 g/mol. The van der Waals surface area contributed by atoms with E-state index in [1.54, 1.807) is 42.7 Å². The van der Waals surface area contributed by atoms with Crippen LogP contribution < -0.4 is 10.8 Å². The van der Waals surface area contributed by atoms with Crippen molar-refractivity contribution in [3.8, 4) is 5.95 Å². The fourth-order valence-electron chi connectivity index (χ4n) is 2.85. The maximum absolute atomic E-state index is 13.3. The second-order valence-corrected chi connectivity index (χ2v) is 5.94. The van der Waals surface area contributed by atoms with Crippen molar-refractivity contribution in [2.24, 2.45) is 0 Å². The Labute approximate surface area is 154 Å². The van der Waals surface area contributed by atoms with Gasteiger partial charge in [-0.3, -0.25) is 0 Å². The van der Waals surface area contributed by atoms with Gasteiger partial charge in [0.2, 0.25) is 0 Å². The third-order valence-electron chi connectivity index (χ3n) is 4.12. The molecule has 4 aromatic rings. The van der Waals surface area contributed by atoms with Gasteiger partial charge >= 0.3 is 7.12 Å². The van der Waals surface area contributed by atoms with E-state index >= 15 is 0 Å². The van der Waals surface area contributed by atoms with Crippen molar-refractivity contribution in [3.63, 3.8) is 0 Å². The molecule has 2 aromatic carbocycles. The highest BCUT2D eigenvalue weighted by Gasteiger charge is 2.18. The van der Waals surface area contributed by atoms with Crippen LogP contribution in [-0.4, -0.2) is 36.9 Å². The molecular formula is C18H15BFN5O2. The highest BCUT2D eigenvalue weighted by atomic mass is 19.1. The van der Waals surface area contributed by atoms with E-state index in [2.05, 4.69) is 20.4 Å². The summed E-state index contributed by atoms with van der Waals surface area (Å²) in [5.41, 5.74) is 1.81. The SMILES string of the molecule is OB(O)c1cccc2c1cnn2-c1nccc(NCc2cccc(F)c2)n1. The van der Waals surface area contributed by atoms with Gasteiger partial charge in [-0.25, -0.2) is 9.37 Å². The summed E-state index contributed by atoms with van der Waals surface area (Å²) in [7, 11) is -1.59. The molecule has 4 rings (SSSR count). The number of halogens is 1. The third kappa shape index (κ3) is 3.50. The Hall–Kier alpha value is -3.30. The average Bonchev–Trinajstić information content (AvgIpc) is 3.11. The van der Waals surface area contributed by atoms with E-state index in [9.17, 15) is 14.4 Å². The molecule has 0 radical (unpaired) electrons. The summed E-state index contributed by atoms with van der Waals surface area (Å²) in [4.78, 5) is 8.68. The number of rotatable bonds is 5. The Morgan fingerprint density at radius 2 is 1.96 bits per heavy atom. The van der Waals surface area contributed by atoms with Gasteiger partial charge in [0.05, 0.1) is 11.7 Å². The summed E-state index contributed by atoms with van der Waals surface area (Å²) >= 11 is 0. The van der Waals surface area contributed by atoms with Crippen molar-refractivity contribution in [2.45, 2.75) is 6.54 Å². The minimum atomic E-state index is -1.59. The number of benzene rings is 2. The Balaban J connectivity index is 1.63. The van der Waals surface area contributed by atoms with Crippen LogP contribution in [-0.2, 0) is 6.54 Å². The van der Waals surface area contributed by atoms with Crippen LogP contribution in [0.5, 0.6) is 0 Å². The molecular weight excluding hydrogens is 348 g/mol. The van der Waals surface area contributed by atoms with Crippen molar-refractivity contribution < 1.29 is 14.4 Å². The first-order valence-electron chi connectivity index (χ1n) is 8.26. The first-order valence-corrected chi connectivity index (χ1v) is 8.26. The number of hydrogen-bond acceptors (Lipinski definition) is 6. The van der Waals surface area contributed by atoms with Crippen LogP contribution in [0.3, 0.4) is 0 Å². The van der Waals surface area contributed by atoms with Gasteiger partial charge in [-0.05, 0) is 35.3 Å². The van der Waals surface area contributed by atoms with E-state index in [1.807, 2.05) is 6.07 Å². The molecule has 0 saturated carbocycles. The van der Waals surface area contributed by atoms with Crippen LogP contribution in [0.2, 0.25) is 0 Å². The second-order valence-electron chi connectivity index (χ2n) is 5.94. The van der Waals surface area contributed by atoms with E-state index in [1.165, 1.54) is 16.8 Å². The number of nitrogens with one attached hydrogen (secondary N) is 1. The number of fused-ring (bicyclic) bond motifs is 1. The van der Waals surface area contributed by atoms with Crippen molar-refractivity contribution in [2.75, 3.05) is 5.32 Å². The quantitative estimate of drug-likeness (QED) is 0.462. The lowest BCUT2D eigenvalue weighted by molar-refractivity contribution is 0.426. The zero-order chi connectivity index (χ0) is 18.8. The molecule has 0 amide bonds. The van der Waals surface area contributed by atoms with Crippen molar-refractivity contribution in [1.29, 1.82) is 0 Å². The Bertz CT molecular complexity index is 1100. The van der Waals surface area contributed by atoms with Crippen LogP contribution in [0, 0.1) is 5.82 Å². The second kappa shape index (κ2) is 7.14. The van der Waals surface area contributed by atoms with E-state index < -0.39 is 7.12 Å². The lowest BCUT2D eigenvalue weighted by Crippen LogP contribution is -2.30. The molecule has 7 nitrogen and oxygen atoms in total. The fraction of sp³-hybridized carbons (Fsp3) is 0.0556. The van der Waals surface area contributed by atoms with Crippen LogP contribution in [0.4, 0.5) is 10.2 Å². The van der Waals surface area contributed by atoms with Crippen molar-refractivity contribution >= 4 is 29.3 Å². The van der Waals surface area contributed by atoms with E-state index in [-0.39, 0.29) is 5.82 Å². The number of anilines is 1. The van der Waals surface area contributed by atoms with Crippen molar-refractivity contribution in [1.82, 2.24) is 19.7 Å². The summed E-state index contributed by atoms with van der Waals surface area (Å²) in [6.45, 7) is 0.412. The smallest absolute Gasteiger partial charge is 0.423 e. The summed E-state index contributed by atoms with van der Waals surface area (Å²) in [5.74, 6) is 0.604. The largest absolute Gasteiger partial charge is 0.489 e. The predicted octanol–water partition coefficient (Wildman–Crippen LogP) is 1.25. The molecule has 0 unspecified atom stereocenters. The molecule has 0 spiro atoms. The average molecular weight is 363 g/mol. The molecule has 134 valence electrons. The zero-order valence-electron chi connectivity index (χ0n) is 14.1. The van der Waals surface area contributed by atoms with E-state index in [4.69, 9.17) is 0 Å². The molecule has 0 aliphatic rings. The molecule has 0 bridgehead atoms. The standard InChI is InChI=1S/C18H15BFN5O2/c20-13-4-1-3-12(9-13)10-22-17-7-8-21-18(24-17)25-16-6-2-5-15(19(26)27)14(16)11-23-25/h1-9,11,26-27H,10H2,(H,21,22,24). The van der Waals surface area contributed by atoms with Gasteiger partial charge in [0.1, 0.15) is 11.6 Å². The van der Waals surface area contributed by atoms with Crippen molar-refractivity contribution in [3.05, 3.63) is 72.3 Å². The van der Waals surface area contributed by atoms with E-state index in [0.717, 1.165) is 5.56 Å². The Morgan fingerprint density at radius 3 is 2.78 bits per heavy atom. The van der Waals surface area contributed by atoms with Gasteiger partial charge in [0, 0.05) is 18.1 Å². The molecule has 0 atom stereocenters. The molecule has 3 N–H and O–H groups in total. The molecule has 2 heterocycles. The van der Waals surface area contributed by atoms with E-state index in [0.29, 0.717) is 34.7 Å². The van der Waals surface area contributed by atoms with Gasteiger partial charge in [-0.2, -0.15) is 14.8 Å². The van der Waals surface area contributed by atoms with Crippen LogP contribution in [0.25, 0.3) is 16.9 Å². The lowest BCUT2D eigenvalue weighted by Gasteiger charge is -2.08. The number of hydrogen-bond donors (Lipinski definition) is 3. The Morgan fingerprint density at radius 1 is 1.11 bits per heavy atom. The summed E-state index contributed by atoms with van der Waals surface area (Å²) in [6, 6.07) is 13.2. The molecule has 2 aromatic heterocycles. The molecule has 0 aliphatic heterocycles. The van der Waals surface area contributed by atoms with Gasteiger partial charge in [-0.15, -0.1) is 0 Å². The van der Waals surface area contributed by atoms with Gasteiger partial charge in [0.15, 0.2) is 0 Å². The molecule has 0 saturated heterocycles. The maximum Gasteiger partial charge on any atom is 0.489 e. The minimum Gasteiger partial charge on any atom is -0.423 e. The third-order valence-corrected chi connectivity index (χ3v) is 4.12.